The molecule has 0 aliphatic carbocycles. The predicted molar refractivity (Wildman–Crippen MR) is 76.2 cm³/mol. The van der Waals surface area contributed by atoms with E-state index in [4.69, 9.17) is 5.73 Å². The summed E-state index contributed by atoms with van der Waals surface area (Å²) in [5.41, 5.74) is 5.50. The molecule has 0 fully saturated rings. The SMILES string of the molecule is CC(=O)SCCC(O)C(O)c1ccc([N+](=O)[O-])c(N)c1. The van der Waals surface area contributed by atoms with Gasteiger partial charge in [-0.3, -0.25) is 14.9 Å². The molecule has 0 bridgehead atoms. The topological polar surface area (TPSA) is 127 Å². The first kappa shape index (κ1) is 16.4. The van der Waals surface area contributed by atoms with Gasteiger partial charge in [-0.05, 0) is 24.1 Å². The fourth-order valence-corrected chi connectivity index (χ4v) is 2.27. The van der Waals surface area contributed by atoms with Gasteiger partial charge in [-0.1, -0.05) is 11.8 Å². The molecule has 0 aromatic heterocycles. The molecule has 0 saturated carbocycles. The van der Waals surface area contributed by atoms with Crippen LogP contribution in [0.2, 0.25) is 0 Å². The van der Waals surface area contributed by atoms with E-state index in [0.29, 0.717) is 11.3 Å². The molecule has 0 aliphatic heterocycles. The summed E-state index contributed by atoms with van der Waals surface area (Å²) in [5, 5.41) is 30.3. The summed E-state index contributed by atoms with van der Waals surface area (Å²) in [5.74, 6) is 0.385. The monoisotopic (exact) mass is 300 g/mol. The lowest BCUT2D eigenvalue weighted by molar-refractivity contribution is -0.383. The number of anilines is 1. The quantitative estimate of drug-likeness (QED) is 0.410. The number of nitro benzene ring substituents is 1. The van der Waals surface area contributed by atoms with Crippen molar-refractivity contribution >= 4 is 28.3 Å². The number of nitrogens with two attached hydrogens (primary N) is 1. The molecule has 0 amide bonds. The van der Waals surface area contributed by atoms with Crippen LogP contribution in [0.25, 0.3) is 0 Å². The Morgan fingerprint density at radius 2 is 2.15 bits per heavy atom. The van der Waals surface area contributed by atoms with E-state index in [-0.39, 0.29) is 22.9 Å². The highest BCUT2D eigenvalue weighted by molar-refractivity contribution is 8.13. The number of carbonyl (C=O) groups excluding carboxylic acids is 1. The van der Waals surface area contributed by atoms with Crippen LogP contribution in [0.15, 0.2) is 18.2 Å². The predicted octanol–water partition coefficient (Wildman–Crippen LogP) is 1.24. The van der Waals surface area contributed by atoms with Gasteiger partial charge in [0.1, 0.15) is 11.8 Å². The smallest absolute Gasteiger partial charge is 0.292 e. The Balaban J connectivity index is 2.71. The van der Waals surface area contributed by atoms with Crippen molar-refractivity contribution in [3.8, 4) is 0 Å². The van der Waals surface area contributed by atoms with Crippen LogP contribution in [-0.2, 0) is 4.79 Å². The van der Waals surface area contributed by atoms with E-state index in [0.717, 1.165) is 11.8 Å². The van der Waals surface area contributed by atoms with Gasteiger partial charge in [-0.25, -0.2) is 0 Å². The van der Waals surface area contributed by atoms with Crippen LogP contribution in [0.1, 0.15) is 25.0 Å². The van der Waals surface area contributed by atoms with E-state index in [9.17, 15) is 25.1 Å². The van der Waals surface area contributed by atoms with Gasteiger partial charge in [0.15, 0.2) is 5.12 Å². The van der Waals surface area contributed by atoms with Gasteiger partial charge < -0.3 is 15.9 Å². The first-order valence-corrected chi connectivity index (χ1v) is 6.84. The normalized spacial score (nSPS) is 13.8. The zero-order chi connectivity index (χ0) is 15.3. The number of thioether (sulfide) groups is 1. The number of hydrogen-bond acceptors (Lipinski definition) is 7. The molecule has 1 aromatic carbocycles. The van der Waals surface area contributed by atoms with Crippen molar-refractivity contribution in [2.24, 2.45) is 0 Å². The fraction of sp³-hybridized carbons (Fsp3) is 0.417. The average molecular weight is 300 g/mol. The van der Waals surface area contributed by atoms with Crippen molar-refractivity contribution in [1.29, 1.82) is 0 Å². The van der Waals surface area contributed by atoms with Gasteiger partial charge in [0.25, 0.3) is 5.69 Å². The molecule has 8 heteroatoms. The van der Waals surface area contributed by atoms with E-state index in [1.165, 1.54) is 25.1 Å². The summed E-state index contributed by atoms with van der Waals surface area (Å²) in [6, 6.07) is 3.80. The second-order valence-corrected chi connectivity index (χ2v) is 5.49. The zero-order valence-electron chi connectivity index (χ0n) is 10.9. The van der Waals surface area contributed by atoms with Crippen molar-refractivity contribution in [2.75, 3.05) is 11.5 Å². The van der Waals surface area contributed by atoms with Crippen molar-refractivity contribution in [1.82, 2.24) is 0 Å². The van der Waals surface area contributed by atoms with E-state index >= 15 is 0 Å². The van der Waals surface area contributed by atoms with Gasteiger partial charge in [0.05, 0.1) is 11.0 Å². The summed E-state index contributed by atoms with van der Waals surface area (Å²) >= 11 is 1.06. The summed E-state index contributed by atoms with van der Waals surface area (Å²) in [6.07, 6.45) is -2.05. The van der Waals surface area contributed by atoms with Crippen LogP contribution >= 0.6 is 11.8 Å². The standard InChI is InChI=1S/C12H16N2O5S/c1-7(15)20-5-4-11(16)12(17)8-2-3-10(14(18)19)9(13)6-8/h2-3,6,11-12,16-17H,4-5,13H2,1H3. The highest BCUT2D eigenvalue weighted by atomic mass is 32.2. The Morgan fingerprint density at radius 3 is 2.65 bits per heavy atom. The number of benzene rings is 1. The minimum Gasteiger partial charge on any atom is -0.393 e. The van der Waals surface area contributed by atoms with E-state index < -0.39 is 17.1 Å². The minimum absolute atomic E-state index is 0.0636. The van der Waals surface area contributed by atoms with E-state index in [1.807, 2.05) is 0 Å². The Bertz CT molecular complexity index is 509. The maximum atomic E-state index is 10.7. The maximum absolute atomic E-state index is 10.7. The minimum atomic E-state index is -1.20. The van der Waals surface area contributed by atoms with Crippen LogP contribution in [0, 0.1) is 10.1 Å². The van der Waals surface area contributed by atoms with Crippen LogP contribution in [-0.4, -0.2) is 32.1 Å². The number of nitro groups is 1. The van der Waals surface area contributed by atoms with Gasteiger partial charge in [0.2, 0.25) is 0 Å². The van der Waals surface area contributed by atoms with Crippen LogP contribution in [0.3, 0.4) is 0 Å². The Morgan fingerprint density at radius 1 is 1.50 bits per heavy atom. The summed E-state index contributed by atoms with van der Waals surface area (Å²) in [6.45, 7) is 1.42. The average Bonchev–Trinajstić information content (AvgIpc) is 2.36. The molecule has 0 aliphatic rings. The number of rotatable bonds is 6. The highest BCUT2D eigenvalue weighted by Gasteiger charge is 2.21. The van der Waals surface area contributed by atoms with E-state index in [2.05, 4.69) is 0 Å². The molecular formula is C12H16N2O5S. The van der Waals surface area contributed by atoms with Gasteiger partial charge in [-0.2, -0.15) is 0 Å². The molecule has 110 valence electrons. The molecule has 2 atom stereocenters. The largest absolute Gasteiger partial charge is 0.393 e. The molecule has 0 radical (unpaired) electrons. The molecule has 0 heterocycles. The van der Waals surface area contributed by atoms with Crippen molar-refractivity contribution in [3.05, 3.63) is 33.9 Å². The number of hydrogen-bond donors (Lipinski definition) is 3. The van der Waals surface area contributed by atoms with Crippen LogP contribution in [0.5, 0.6) is 0 Å². The number of aliphatic hydroxyl groups excluding tert-OH is 2. The van der Waals surface area contributed by atoms with Crippen molar-refractivity contribution < 1.29 is 19.9 Å². The van der Waals surface area contributed by atoms with Gasteiger partial charge >= 0.3 is 0 Å². The molecule has 1 rings (SSSR count). The fourth-order valence-electron chi connectivity index (χ4n) is 1.63. The van der Waals surface area contributed by atoms with Crippen molar-refractivity contribution in [3.63, 3.8) is 0 Å². The third-order valence-corrected chi connectivity index (χ3v) is 3.52. The lowest BCUT2D eigenvalue weighted by Crippen LogP contribution is -2.19. The maximum Gasteiger partial charge on any atom is 0.292 e. The molecule has 2 unspecified atom stereocenters. The molecule has 7 nitrogen and oxygen atoms in total. The first-order valence-electron chi connectivity index (χ1n) is 5.86. The van der Waals surface area contributed by atoms with E-state index in [1.54, 1.807) is 0 Å². The molecular weight excluding hydrogens is 284 g/mol. The lowest BCUT2D eigenvalue weighted by atomic mass is 10.0. The molecule has 4 N–H and O–H groups in total. The third-order valence-electron chi connectivity index (χ3n) is 2.67. The van der Waals surface area contributed by atoms with Crippen molar-refractivity contribution in [2.45, 2.75) is 25.6 Å². The summed E-state index contributed by atoms with van der Waals surface area (Å²) < 4.78 is 0. The third kappa shape index (κ3) is 4.48. The number of nitrogen functional groups attached to an aromatic ring is 1. The molecule has 0 saturated heterocycles. The first-order chi connectivity index (χ1) is 9.32. The molecule has 0 spiro atoms. The lowest BCUT2D eigenvalue weighted by Gasteiger charge is -2.18. The Kier molecular flexibility index (Phi) is 5.93. The number of carbonyl (C=O) groups is 1. The summed E-state index contributed by atoms with van der Waals surface area (Å²) in [4.78, 5) is 20.8. The van der Waals surface area contributed by atoms with Gasteiger partial charge in [0, 0.05) is 18.7 Å². The molecule has 1 aromatic rings. The second-order valence-electron chi connectivity index (χ2n) is 4.22. The van der Waals surface area contributed by atoms with Crippen LogP contribution < -0.4 is 5.73 Å². The molecule has 20 heavy (non-hydrogen) atoms. The Hall–Kier alpha value is -1.64. The highest BCUT2D eigenvalue weighted by Crippen LogP contribution is 2.27. The number of nitrogens with zero attached hydrogens (tertiary/aromatic N) is 1. The zero-order valence-corrected chi connectivity index (χ0v) is 11.7. The van der Waals surface area contributed by atoms with Gasteiger partial charge in [-0.15, -0.1) is 0 Å². The summed E-state index contributed by atoms with van der Waals surface area (Å²) in [7, 11) is 0. The Labute approximate surface area is 119 Å². The number of aliphatic hydroxyl groups is 2. The van der Waals surface area contributed by atoms with Crippen LogP contribution in [0.4, 0.5) is 11.4 Å². The second kappa shape index (κ2) is 7.22.